The van der Waals surface area contributed by atoms with Crippen molar-refractivity contribution >= 4 is 43.7 Å². The van der Waals surface area contributed by atoms with Gasteiger partial charge < -0.3 is 4.42 Å². The second kappa shape index (κ2) is 10.2. The van der Waals surface area contributed by atoms with Crippen LogP contribution in [-0.4, -0.2) is 15.0 Å². The molecule has 9 aromatic rings. The quantitative estimate of drug-likeness (QED) is 0.196. The predicted octanol–water partition coefficient (Wildman–Crippen LogP) is 10.7. The number of fused-ring (bicyclic) bond motifs is 6. The van der Waals surface area contributed by atoms with Gasteiger partial charge in [0.2, 0.25) is 5.89 Å². The van der Waals surface area contributed by atoms with Crippen molar-refractivity contribution in [1.29, 1.82) is 0 Å². The van der Waals surface area contributed by atoms with E-state index in [1.807, 2.05) is 78.9 Å². The molecule has 0 spiro atoms. The van der Waals surface area contributed by atoms with E-state index >= 15 is 0 Å². The molecule has 2 aromatic heterocycles. The maximum absolute atomic E-state index is 6.44. The average Bonchev–Trinajstić information content (AvgIpc) is 3.56. The van der Waals surface area contributed by atoms with E-state index in [2.05, 4.69) is 72.8 Å². The molecule has 0 N–H and O–H groups in total. The van der Waals surface area contributed by atoms with Crippen LogP contribution in [0.3, 0.4) is 0 Å². The fourth-order valence-corrected chi connectivity index (χ4v) is 6.22. The number of hydrogen-bond donors (Lipinski definition) is 0. The normalized spacial score (nSPS) is 11.6. The largest absolute Gasteiger partial charge is 0.435 e. The lowest BCUT2D eigenvalue weighted by Crippen LogP contribution is -1.95. The maximum atomic E-state index is 6.44. The molecule has 0 unspecified atom stereocenters. The Hall–Kier alpha value is -6.13. The van der Waals surface area contributed by atoms with Crippen molar-refractivity contribution in [2.45, 2.75) is 0 Å². The topological polar surface area (TPSA) is 51.8 Å². The fourth-order valence-electron chi connectivity index (χ4n) is 6.22. The van der Waals surface area contributed by atoms with Gasteiger partial charge in [-0.15, -0.1) is 0 Å². The Labute approximate surface area is 259 Å². The van der Waals surface area contributed by atoms with E-state index in [4.69, 9.17) is 19.4 Å². The molecule has 0 aliphatic carbocycles. The molecule has 9 rings (SSSR count). The molecule has 0 saturated carbocycles. The number of aromatic nitrogens is 3. The van der Waals surface area contributed by atoms with E-state index in [9.17, 15) is 0 Å². The van der Waals surface area contributed by atoms with E-state index in [0.717, 1.165) is 82.9 Å². The summed E-state index contributed by atoms with van der Waals surface area (Å²) in [6.45, 7) is 0. The van der Waals surface area contributed by atoms with Gasteiger partial charge in [0.25, 0.3) is 0 Å². The first kappa shape index (κ1) is 25.4. The van der Waals surface area contributed by atoms with Gasteiger partial charge in [0, 0.05) is 22.1 Å². The lowest BCUT2D eigenvalue weighted by Gasteiger charge is -2.12. The van der Waals surface area contributed by atoms with Gasteiger partial charge in [-0.1, -0.05) is 115 Å². The monoisotopic (exact) mass is 575 g/mol. The van der Waals surface area contributed by atoms with Crippen molar-refractivity contribution in [3.05, 3.63) is 152 Å². The standard InChI is InChI=1S/C41H25N3O/c1-3-9-29(10-4-1)38-39(43-35-14-8-7-13-34(35)42-38)30-20-15-26(16-21-30)32-22-18-27-17-19-28-23-24-36-40(37(28)33(27)25-32)45-41(44-36)31-11-5-2-6-12-31/h1-25H. The van der Waals surface area contributed by atoms with Gasteiger partial charge in [-0.05, 0) is 63.7 Å². The van der Waals surface area contributed by atoms with Crippen molar-refractivity contribution < 1.29 is 4.42 Å². The predicted molar refractivity (Wildman–Crippen MR) is 184 cm³/mol. The third-order valence-electron chi connectivity index (χ3n) is 8.49. The first-order valence-electron chi connectivity index (χ1n) is 15.0. The molecule has 4 nitrogen and oxygen atoms in total. The Morgan fingerprint density at radius 3 is 1.62 bits per heavy atom. The highest BCUT2D eigenvalue weighted by Gasteiger charge is 2.16. The molecule has 210 valence electrons. The van der Waals surface area contributed by atoms with Crippen LogP contribution in [0.5, 0.6) is 0 Å². The molecular weight excluding hydrogens is 550 g/mol. The van der Waals surface area contributed by atoms with Crippen LogP contribution in [0.15, 0.2) is 156 Å². The Morgan fingerprint density at radius 1 is 0.378 bits per heavy atom. The minimum Gasteiger partial charge on any atom is -0.435 e. The molecule has 0 aliphatic heterocycles. The number of nitrogens with zero attached hydrogens (tertiary/aromatic N) is 3. The second-order valence-electron chi connectivity index (χ2n) is 11.3. The summed E-state index contributed by atoms with van der Waals surface area (Å²) in [5.74, 6) is 0.633. The van der Waals surface area contributed by atoms with Gasteiger partial charge >= 0.3 is 0 Å². The fraction of sp³-hybridized carbons (Fsp3) is 0. The summed E-state index contributed by atoms with van der Waals surface area (Å²) in [6.07, 6.45) is 0. The van der Waals surface area contributed by atoms with E-state index in [1.165, 1.54) is 0 Å². The zero-order chi connectivity index (χ0) is 29.7. The number of para-hydroxylation sites is 2. The second-order valence-corrected chi connectivity index (χ2v) is 11.3. The third-order valence-corrected chi connectivity index (χ3v) is 8.49. The summed E-state index contributed by atoms with van der Waals surface area (Å²) in [5.41, 5.74) is 10.5. The third kappa shape index (κ3) is 4.35. The highest BCUT2D eigenvalue weighted by atomic mass is 16.3. The highest BCUT2D eigenvalue weighted by molar-refractivity contribution is 6.18. The Balaban J connectivity index is 1.17. The first-order valence-corrected chi connectivity index (χ1v) is 15.0. The van der Waals surface area contributed by atoms with E-state index in [0.29, 0.717) is 5.89 Å². The summed E-state index contributed by atoms with van der Waals surface area (Å²) >= 11 is 0. The van der Waals surface area contributed by atoms with E-state index < -0.39 is 0 Å². The summed E-state index contributed by atoms with van der Waals surface area (Å²) in [7, 11) is 0. The van der Waals surface area contributed by atoms with Gasteiger partial charge in [-0.25, -0.2) is 15.0 Å². The zero-order valence-electron chi connectivity index (χ0n) is 24.2. The smallest absolute Gasteiger partial charge is 0.227 e. The summed E-state index contributed by atoms with van der Waals surface area (Å²) in [6, 6.07) is 52.2. The van der Waals surface area contributed by atoms with Gasteiger partial charge in [0.1, 0.15) is 5.52 Å². The van der Waals surface area contributed by atoms with Crippen LogP contribution < -0.4 is 0 Å². The molecule has 0 bridgehead atoms. The van der Waals surface area contributed by atoms with Crippen molar-refractivity contribution in [3.63, 3.8) is 0 Å². The molecule has 0 aliphatic rings. The maximum Gasteiger partial charge on any atom is 0.227 e. The van der Waals surface area contributed by atoms with Crippen molar-refractivity contribution in [2.75, 3.05) is 0 Å². The van der Waals surface area contributed by atoms with Crippen LogP contribution in [0.1, 0.15) is 0 Å². The number of hydrogen-bond acceptors (Lipinski definition) is 4. The Bertz CT molecular complexity index is 2520. The van der Waals surface area contributed by atoms with Gasteiger partial charge in [-0.3, -0.25) is 0 Å². The molecule has 0 amide bonds. The van der Waals surface area contributed by atoms with Crippen LogP contribution in [0.25, 0.3) is 88.8 Å². The number of rotatable bonds is 4. The minimum atomic E-state index is 0.633. The molecular formula is C41H25N3O. The lowest BCUT2D eigenvalue weighted by molar-refractivity contribution is 0.623. The average molecular weight is 576 g/mol. The number of oxazole rings is 1. The van der Waals surface area contributed by atoms with Gasteiger partial charge in [0.15, 0.2) is 5.58 Å². The Kier molecular flexibility index (Phi) is 5.78. The highest BCUT2D eigenvalue weighted by Crippen LogP contribution is 2.37. The summed E-state index contributed by atoms with van der Waals surface area (Å²) in [5, 5.41) is 4.51. The molecule has 45 heavy (non-hydrogen) atoms. The van der Waals surface area contributed by atoms with Crippen LogP contribution >= 0.6 is 0 Å². The molecule has 0 saturated heterocycles. The molecule has 4 heteroatoms. The van der Waals surface area contributed by atoms with Crippen LogP contribution in [0.4, 0.5) is 0 Å². The summed E-state index contributed by atoms with van der Waals surface area (Å²) < 4.78 is 6.44. The molecule has 0 atom stereocenters. The first-order chi connectivity index (χ1) is 22.3. The molecule has 2 heterocycles. The van der Waals surface area contributed by atoms with Crippen molar-refractivity contribution in [1.82, 2.24) is 15.0 Å². The van der Waals surface area contributed by atoms with Gasteiger partial charge in [-0.2, -0.15) is 0 Å². The lowest BCUT2D eigenvalue weighted by atomic mass is 9.95. The molecule has 0 radical (unpaired) electrons. The van der Waals surface area contributed by atoms with E-state index in [1.54, 1.807) is 0 Å². The summed E-state index contributed by atoms with van der Waals surface area (Å²) in [4.78, 5) is 14.9. The van der Waals surface area contributed by atoms with Crippen molar-refractivity contribution in [2.24, 2.45) is 0 Å². The van der Waals surface area contributed by atoms with Crippen LogP contribution in [-0.2, 0) is 0 Å². The Morgan fingerprint density at radius 2 is 0.911 bits per heavy atom. The molecule has 0 fully saturated rings. The van der Waals surface area contributed by atoms with Crippen molar-refractivity contribution in [3.8, 4) is 45.1 Å². The van der Waals surface area contributed by atoms with Gasteiger partial charge in [0.05, 0.1) is 22.4 Å². The number of benzene rings is 7. The zero-order valence-corrected chi connectivity index (χ0v) is 24.2. The molecule has 7 aromatic carbocycles. The van der Waals surface area contributed by atoms with E-state index in [-0.39, 0.29) is 0 Å². The van der Waals surface area contributed by atoms with Crippen LogP contribution in [0.2, 0.25) is 0 Å². The minimum absolute atomic E-state index is 0.633. The van der Waals surface area contributed by atoms with Crippen LogP contribution in [0, 0.1) is 0 Å². The SMILES string of the molecule is c1ccc(-c2nc3ccc4ccc5ccc(-c6ccc(-c7nc8ccccc8nc7-c7ccccc7)cc6)cc5c4c3o2)cc1.